The molecule has 1 unspecified atom stereocenters. The summed E-state index contributed by atoms with van der Waals surface area (Å²) in [5.74, 6) is -0.0474. The van der Waals surface area contributed by atoms with Crippen molar-refractivity contribution in [2.45, 2.75) is 31.0 Å². The minimum Gasteiger partial charge on any atom is -0.349 e. The number of aromatic amines is 3. The highest BCUT2D eigenvalue weighted by Crippen LogP contribution is 2.30. The Labute approximate surface area is 220 Å². The number of imidazole rings is 1. The first-order chi connectivity index (χ1) is 18.5. The Morgan fingerprint density at radius 3 is 2.54 bits per heavy atom. The lowest BCUT2D eigenvalue weighted by atomic mass is 9.98. The Kier molecular flexibility index (Phi) is 6.65. The summed E-state index contributed by atoms with van der Waals surface area (Å²) in [6.45, 7) is 0.577. The minimum absolute atomic E-state index is 0.0423. The first-order valence-corrected chi connectivity index (χ1v) is 13.8. The number of aromatic nitrogens is 5. The van der Waals surface area contributed by atoms with Gasteiger partial charge in [-0.05, 0) is 24.3 Å². The molecule has 16 heteroatoms. The van der Waals surface area contributed by atoms with E-state index in [4.69, 9.17) is 4.55 Å². The van der Waals surface area contributed by atoms with Gasteiger partial charge in [0.15, 0.2) is 0 Å². The molecule has 7 N–H and O–H groups in total. The molecule has 3 atom stereocenters. The van der Waals surface area contributed by atoms with Crippen molar-refractivity contribution in [3.8, 4) is 0 Å². The van der Waals surface area contributed by atoms with E-state index in [0.717, 1.165) is 23.5 Å². The third-order valence-corrected chi connectivity index (χ3v) is 6.56. The molecule has 3 aliphatic heterocycles. The Bertz CT molecular complexity index is 1770. The second kappa shape index (κ2) is 9.95. The average Bonchev–Trinajstić information content (AvgIpc) is 3.64. The number of hydrogen-bond acceptors (Lipinski definition) is 6. The summed E-state index contributed by atoms with van der Waals surface area (Å²) in [6.07, 6.45) is 7.40. The third-order valence-electron chi connectivity index (χ3n) is 6.56. The molecule has 3 amide bonds. The summed E-state index contributed by atoms with van der Waals surface area (Å²) >= 11 is 0. The van der Waals surface area contributed by atoms with Crippen LogP contribution in [0, 0.1) is 0 Å². The molecule has 4 aromatic heterocycles. The molecule has 0 bridgehead atoms. The summed E-state index contributed by atoms with van der Waals surface area (Å²) < 4.78 is 29.8. The summed E-state index contributed by atoms with van der Waals surface area (Å²) in [6, 6.07) is 7.37. The predicted molar refractivity (Wildman–Crippen MR) is 138 cm³/mol. The second-order valence-electron chi connectivity index (χ2n) is 9.36. The van der Waals surface area contributed by atoms with E-state index in [1.165, 1.54) is 0 Å². The van der Waals surface area contributed by atoms with Crippen LogP contribution in [0.5, 0.6) is 0 Å². The fraction of sp³-hybridized carbons (Fsp3) is 0.304. The molecule has 0 saturated carbocycles. The number of rotatable bonds is 2. The molecule has 3 aliphatic rings. The van der Waals surface area contributed by atoms with E-state index < -0.39 is 10.1 Å². The minimum atomic E-state index is -3.67. The van der Waals surface area contributed by atoms with Crippen molar-refractivity contribution < 1.29 is 22.6 Å². The molecular formula is C23H26N8O7S. The van der Waals surface area contributed by atoms with Gasteiger partial charge in [0.25, 0.3) is 21.6 Å². The van der Waals surface area contributed by atoms with Crippen LogP contribution in [0.4, 0.5) is 4.79 Å². The molecule has 0 aliphatic carbocycles. The molecule has 0 aromatic carbocycles. The quantitative estimate of drug-likeness (QED) is 0.159. The van der Waals surface area contributed by atoms with E-state index in [1.807, 2.05) is 27.3 Å². The summed E-state index contributed by atoms with van der Waals surface area (Å²) in [5.41, 5.74) is 3.83. The number of fused-ring (bicyclic) bond motifs is 3. The van der Waals surface area contributed by atoms with E-state index in [1.54, 1.807) is 24.5 Å². The molecule has 1 saturated heterocycles. The van der Waals surface area contributed by atoms with Crippen LogP contribution >= 0.6 is 0 Å². The van der Waals surface area contributed by atoms with E-state index in [9.17, 15) is 27.6 Å². The molecule has 39 heavy (non-hydrogen) atoms. The van der Waals surface area contributed by atoms with Gasteiger partial charge in [-0.1, -0.05) is 0 Å². The number of nitrogens with one attached hydrogen (secondary N) is 6. The van der Waals surface area contributed by atoms with Gasteiger partial charge in [-0.25, -0.2) is 9.59 Å². The van der Waals surface area contributed by atoms with Crippen molar-refractivity contribution in [2.75, 3.05) is 12.8 Å². The zero-order valence-corrected chi connectivity index (χ0v) is 21.4. The molecule has 0 radical (unpaired) electrons. The Hall–Kier alpha value is -4.57. The SMILES string of the molecule is CS(=O)(=O)O.O=C1NCC(Cc2c[nH]c(=O)[nH]2)n2cccc21.O=C1N[C@@H]2Cc3c[nH]c(=O)c4ccc(n34)[C@@H]2N1. The first-order valence-electron chi connectivity index (χ1n) is 11.9. The number of urea groups is 1. The van der Waals surface area contributed by atoms with E-state index >= 15 is 0 Å². The van der Waals surface area contributed by atoms with Gasteiger partial charge < -0.3 is 39.9 Å². The highest BCUT2D eigenvalue weighted by atomic mass is 32.2. The highest BCUT2D eigenvalue weighted by Gasteiger charge is 2.38. The normalized spacial score (nSPS) is 20.8. The standard InChI is InChI=1S/C11H10N4O2.C11H12N4O2.CH4O3S/c16-10-8-2-1-7-9-6(13-11(17)14-9)3-5(4-12-10)15(7)8;16-10-9-2-1-3-15(9)8(6-12-10)4-7-5-13-11(17)14-7;1-5(2,3)4/h1-2,4,6,9H,3H2,(H,12,16)(H2,13,14,17);1-3,5,8H,4,6H2,(H,12,16)(H2,13,14,17);1H3,(H,2,3,4)/t6-,9-;;/m1../s1. The van der Waals surface area contributed by atoms with Crippen LogP contribution in [0.1, 0.15) is 39.7 Å². The van der Waals surface area contributed by atoms with E-state index in [-0.39, 0.29) is 41.3 Å². The van der Waals surface area contributed by atoms with Crippen LogP contribution in [-0.2, 0) is 23.0 Å². The average molecular weight is 559 g/mol. The van der Waals surface area contributed by atoms with E-state index in [0.29, 0.717) is 30.4 Å². The van der Waals surface area contributed by atoms with Crippen LogP contribution in [0.25, 0.3) is 5.52 Å². The van der Waals surface area contributed by atoms with Crippen molar-refractivity contribution in [1.29, 1.82) is 0 Å². The molecule has 1 fully saturated rings. The van der Waals surface area contributed by atoms with E-state index in [2.05, 4.69) is 30.9 Å². The predicted octanol–water partition coefficient (Wildman–Crippen LogP) is -0.558. The molecule has 4 aromatic rings. The van der Waals surface area contributed by atoms with Gasteiger partial charge in [-0.15, -0.1) is 0 Å². The smallest absolute Gasteiger partial charge is 0.323 e. The van der Waals surface area contributed by atoms with Gasteiger partial charge in [0.2, 0.25) is 0 Å². The zero-order chi connectivity index (χ0) is 27.9. The first kappa shape index (κ1) is 26.1. The van der Waals surface area contributed by atoms with Gasteiger partial charge in [0.1, 0.15) is 11.2 Å². The number of amides is 3. The van der Waals surface area contributed by atoms with Crippen molar-refractivity contribution >= 4 is 27.6 Å². The number of nitrogens with zero attached hydrogens (tertiary/aromatic N) is 2. The van der Waals surface area contributed by atoms with Crippen LogP contribution in [0.3, 0.4) is 0 Å². The lowest BCUT2D eigenvalue weighted by Gasteiger charge is -2.26. The summed E-state index contributed by atoms with van der Waals surface area (Å²) in [4.78, 5) is 53.6. The Morgan fingerprint density at radius 1 is 1.05 bits per heavy atom. The number of H-pyrrole nitrogens is 3. The van der Waals surface area contributed by atoms with Crippen molar-refractivity contribution in [3.63, 3.8) is 0 Å². The van der Waals surface area contributed by atoms with Crippen LogP contribution in [-0.4, -0.2) is 67.7 Å². The molecule has 7 rings (SSSR count). The number of carbonyl (C=O) groups is 2. The fourth-order valence-electron chi connectivity index (χ4n) is 5.05. The van der Waals surface area contributed by atoms with Crippen LogP contribution in [0.2, 0.25) is 0 Å². The summed E-state index contributed by atoms with van der Waals surface area (Å²) in [5, 5.41) is 8.61. The van der Waals surface area contributed by atoms with Crippen LogP contribution in [0.15, 0.2) is 52.4 Å². The van der Waals surface area contributed by atoms with Gasteiger partial charge in [0, 0.05) is 55.1 Å². The molecular weight excluding hydrogens is 532 g/mol. The Morgan fingerprint density at radius 2 is 1.82 bits per heavy atom. The van der Waals surface area contributed by atoms with Gasteiger partial charge in [0.05, 0.1) is 24.4 Å². The second-order valence-corrected chi connectivity index (χ2v) is 10.8. The molecule has 15 nitrogen and oxygen atoms in total. The number of hydrogen-bond donors (Lipinski definition) is 7. The zero-order valence-electron chi connectivity index (χ0n) is 20.6. The largest absolute Gasteiger partial charge is 0.349 e. The Balaban J connectivity index is 0.000000135. The molecule has 206 valence electrons. The van der Waals surface area contributed by atoms with Gasteiger partial charge in [-0.2, -0.15) is 8.42 Å². The third kappa shape index (κ3) is 5.51. The molecule has 7 heterocycles. The lowest BCUT2D eigenvalue weighted by Crippen LogP contribution is -2.39. The maximum absolute atomic E-state index is 11.7. The maximum Gasteiger partial charge on any atom is 0.323 e. The molecule has 0 spiro atoms. The summed E-state index contributed by atoms with van der Waals surface area (Å²) in [7, 11) is -3.67. The maximum atomic E-state index is 11.7. The number of carbonyl (C=O) groups excluding carboxylic acids is 2. The van der Waals surface area contributed by atoms with Crippen molar-refractivity contribution in [3.05, 3.63) is 86.5 Å². The lowest BCUT2D eigenvalue weighted by molar-refractivity contribution is 0.0914. The van der Waals surface area contributed by atoms with Crippen molar-refractivity contribution in [1.82, 2.24) is 39.9 Å². The van der Waals surface area contributed by atoms with Crippen molar-refractivity contribution in [2.24, 2.45) is 0 Å². The fourth-order valence-corrected chi connectivity index (χ4v) is 5.05. The van der Waals surface area contributed by atoms with Crippen LogP contribution < -0.4 is 27.2 Å². The topological polar surface area (TPSA) is 215 Å². The highest BCUT2D eigenvalue weighted by molar-refractivity contribution is 7.85. The monoisotopic (exact) mass is 558 g/mol. The van der Waals surface area contributed by atoms with Gasteiger partial charge in [-0.3, -0.25) is 14.1 Å². The van der Waals surface area contributed by atoms with Gasteiger partial charge >= 0.3 is 11.7 Å².